The zero-order chi connectivity index (χ0) is 30.6. The molecule has 0 aromatic rings. The molecule has 10 heteroatoms. The zero-order valence-electron chi connectivity index (χ0n) is 25.4. The second kappa shape index (κ2) is 27.3. The summed E-state index contributed by atoms with van der Waals surface area (Å²) in [5, 5.41) is 23.6. The van der Waals surface area contributed by atoms with Crippen LogP contribution in [-0.2, 0) is 18.4 Å². The van der Waals surface area contributed by atoms with Crippen molar-refractivity contribution < 1.29 is 33.5 Å². The molecule has 0 aliphatic heterocycles. The standard InChI is InChI=1S/C31H57N2O7P/c1-3-5-7-9-11-13-14-15-17-19-21-23-30(35)29(27-40-41(37,38)39-25-24-32)33-31(36)26-28(34)22-20-18-16-12-10-8-6-4-2/h7,9-10,12,14-15,21,23,28-30,34-35H,3-6,8,11,13,16-20,22,24-27,32H2,1-2H3,(H,33,36)(H,37,38)/b9-7+,12-10-,15-14+,23-21+. The maximum atomic E-state index is 12.6. The number of aliphatic hydroxyl groups is 2. The lowest BCUT2D eigenvalue weighted by Gasteiger charge is -2.24. The lowest BCUT2D eigenvalue weighted by Crippen LogP contribution is -2.46. The molecule has 4 unspecified atom stereocenters. The second-order valence-corrected chi connectivity index (χ2v) is 11.6. The van der Waals surface area contributed by atoms with Crippen LogP contribution in [0.5, 0.6) is 0 Å². The van der Waals surface area contributed by atoms with Gasteiger partial charge in [-0.3, -0.25) is 13.8 Å². The molecule has 9 nitrogen and oxygen atoms in total. The summed E-state index contributed by atoms with van der Waals surface area (Å²) in [6.45, 7) is 3.73. The maximum absolute atomic E-state index is 12.6. The summed E-state index contributed by atoms with van der Waals surface area (Å²) in [5.74, 6) is -0.482. The normalized spacial score (nSPS) is 16.1. The van der Waals surface area contributed by atoms with Gasteiger partial charge in [0, 0.05) is 6.54 Å². The molecule has 0 saturated carbocycles. The third-order valence-corrected chi connectivity index (χ3v) is 7.12. The number of aliphatic hydroxyl groups excluding tert-OH is 2. The van der Waals surface area contributed by atoms with Gasteiger partial charge in [-0.25, -0.2) is 4.57 Å². The Morgan fingerprint density at radius 3 is 2.02 bits per heavy atom. The Hall–Kier alpha value is -1.58. The van der Waals surface area contributed by atoms with E-state index in [1.54, 1.807) is 6.08 Å². The minimum absolute atomic E-state index is 0.0382. The second-order valence-electron chi connectivity index (χ2n) is 10.1. The van der Waals surface area contributed by atoms with Gasteiger partial charge < -0.3 is 26.2 Å². The van der Waals surface area contributed by atoms with Crippen molar-refractivity contribution in [2.75, 3.05) is 19.8 Å². The van der Waals surface area contributed by atoms with Gasteiger partial charge in [-0.1, -0.05) is 88.1 Å². The van der Waals surface area contributed by atoms with Crippen molar-refractivity contribution in [3.8, 4) is 0 Å². The van der Waals surface area contributed by atoms with Crippen molar-refractivity contribution in [2.45, 2.75) is 122 Å². The highest BCUT2D eigenvalue weighted by molar-refractivity contribution is 7.47. The number of rotatable bonds is 27. The first-order chi connectivity index (χ1) is 19.8. The molecule has 0 rings (SSSR count). The highest BCUT2D eigenvalue weighted by Crippen LogP contribution is 2.43. The van der Waals surface area contributed by atoms with E-state index in [0.717, 1.165) is 57.8 Å². The summed E-state index contributed by atoms with van der Waals surface area (Å²) in [4.78, 5) is 22.4. The fourth-order valence-corrected chi connectivity index (χ4v) is 4.54. The van der Waals surface area contributed by atoms with E-state index >= 15 is 0 Å². The van der Waals surface area contributed by atoms with Gasteiger partial charge in [0.15, 0.2) is 0 Å². The van der Waals surface area contributed by atoms with Crippen LogP contribution in [-0.4, -0.2) is 59.0 Å². The fourth-order valence-electron chi connectivity index (χ4n) is 3.78. The Morgan fingerprint density at radius 2 is 1.41 bits per heavy atom. The van der Waals surface area contributed by atoms with Crippen molar-refractivity contribution in [1.29, 1.82) is 0 Å². The highest BCUT2D eigenvalue weighted by atomic mass is 31.2. The minimum Gasteiger partial charge on any atom is -0.393 e. The van der Waals surface area contributed by atoms with E-state index in [-0.39, 0.29) is 19.6 Å². The van der Waals surface area contributed by atoms with Gasteiger partial charge in [-0.05, 0) is 57.8 Å². The molecular weight excluding hydrogens is 543 g/mol. The molecule has 0 radical (unpaired) electrons. The number of unbranched alkanes of at least 4 members (excludes halogenated alkanes) is 7. The molecule has 4 atom stereocenters. The van der Waals surface area contributed by atoms with E-state index in [4.69, 9.17) is 14.8 Å². The topological polar surface area (TPSA) is 151 Å². The van der Waals surface area contributed by atoms with Crippen LogP contribution in [0.3, 0.4) is 0 Å². The predicted molar refractivity (Wildman–Crippen MR) is 167 cm³/mol. The van der Waals surface area contributed by atoms with Crippen LogP contribution in [0.4, 0.5) is 0 Å². The molecule has 0 saturated heterocycles. The smallest absolute Gasteiger partial charge is 0.393 e. The summed E-state index contributed by atoms with van der Waals surface area (Å²) >= 11 is 0. The van der Waals surface area contributed by atoms with Gasteiger partial charge in [0.2, 0.25) is 5.91 Å². The van der Waals surface area contributed by atoms with Crippen LogP contribution in [0.25, 0.3) is 0 Å². The lowest BCUT2D eigenvalue weighted by molar-refractivity contribution is -0.124. The Morgan fingerprint density at radius 1 is 0.829 bits per heavy atom. The average Bonchev–Trinajstić information content (AvgIpc) is 2.94. The summed E-state index contributed by atoms with van der Waals surface area (Å²) in [5.41, 5.74) is 5.31. The number of phosphoric ester groups is 1. The van der Waals surface area contributed by atoms with Crippen molar-refractivity contribution in [2.24, 2.45) is 5.73 Å². The van der Waals surface area contributed by atoms with Gasteiger partial charge in [-0.15, -0.1) is 0 Å². The monoisotopic (exact) mass is 600 g/mol. The summed E-state index contributed by atoms with van der Waals surface area (Å²) < 4.78 is 21.8. The first-order valence-electron chi connectivity index (χ1n) is 15.3. The van der Waals surface area contributed by atoms with Gasteiger partial charge >= 0.3 is 7.82 Å². The fraction of sp³-hybridized carbons (Fsp3) is 0.710. The number of nitrogens with two attached hydrogens (primary N) is 1. The molecule has 0 aromatic carbocycles. The van der Waals surface area contributed by atoms with E-state index < -0.39 is 38.6 Å². The van der Waals surface area contributed by atoms with Crippen molar-refractivity contribution in [3.63, 3.8) is 0 Å². The third-order valence-electron chi connectivity index (χ3n) is 6.14. The number of allylic oxidation sites excluding steroid dienone is 7. The Kier molecular flexibility index (Phi) is 26.2. The third kappa shape index (κ3) is 25.8. The van der Waals surface area contributed by atoms with Crippen LogP contribution in [0.2, 0.25) is 0 Å². The largest absolute Gasteiger partial charge is 0.472 e. The molecule has 6 N–H and O–H groups in total. The zero-order valence-corrected chi connectivity index (χ0v) is 26.3. The van der Waals surface area contributed by atoms with Crippen molar-refractivity contribution >= 4 is 13.7 Å². The molecule has 41 heavy (non-hydrogen) atoms. The first-order valence-corrected chi connectivity index (χ1v) is 16.8. The van der Waals surface area contributed by atoms with Gasteiger partial charge in [0.1, 0.15) is 0 Å². The molecule has 1 amide bonds. The quantitative estimate of drug-likeness (QED) is 0.0437. The van der Waals surface area contributed by atoms with E-state index in [1.807, 2.05) is 0 Å². The number of amides is 1. The molecule has 238 valence electrons. The highest BCUT2D eigenvalue weighted by Gasteiger charge is 2.27. The first kappa shape index (κ1) is 39.4. The lowest BCUT2D eigenvalue weighted by atomic mass is 10.1. The Labute approximate surface area is 248 Å². The van der Waals surface area contributed by atoms with Crippen LogP contribution in [0, 0.1) is 0 Å². The van der Waals surface area contributed by atoms with Gasteiger partial charge in [0.25, 0.3) is 0 Å². The Balaban J connectivity index is 4.74. The maximum Gasteiger partial charge on any atom is 0.472 e. The average molecular weight is 601 g/mol. The number of nitrogens with one attached hydrogen (secondary N) is 1. The minimum atomic E-state index is -4.40. The van der Waals surface area contributed by atoms with Crippen LogP contribution >= 0.6 is 7.82 Å². The van der Waals surface area contributed by atoms with Crippen molar-refractivity contribution in [3.05, 3.63) is 48.6 Å². The number of carbonyl (C=O) groups is 1. The summed E-state index contributed by atoms with van der Waals surface area (Å²) in [6, 6.07) is -1.01. The molecule has 0 heterocycles. The Bertz CT molecular complexity index is 801. The van der Waals surface area contributed by atoms with Gasteiger partial charge in [-0.2, -0.15) is 0 Å². The summed E-state index contributed by atoms with van der Waals surface area (Å²) in [7, 11) is -4.40. The van der Waals surface area contributed by atoms with Crippen LogP contribution in [0.1, 0.15) is 104 Å². The van der Waals surface area contributed by atoms with E-state index in [0.29, 0.717) is 12.8 Å². The number of hydrogen-bond donors (Lipinski definition) is 5. The number of hydrogen-bond acceptors (Lipinski definition) is 7. The van der Waals surface area contributed by atoms with Crippen LogP contribution < -0.4 is 11.1 Å². The van der Waals surface area contributed by atoms with Crippen LogP contribution in [0.15, 0.2) is 48.6 Å². The summed E-state index contributed by atoms with van der Waals surface area (Å²) in [6.07, 6.45) is 26.5. The van der Waals surface area contributed by atoms with E-state index in [9.17, 15) is 24.5 Å². The number of phosphoric acid groups is 1. The molecule has 0 bridgehead atoms. The van der Waals surface area contributed by atoms with E-state index in [1.165, 1.54) is 18.9 Å². The predicted octanol–water partition coefficient (Wildman–Crippen LogP) is 6.01. The number of carbonyl (C=O) groups excluding carboxylic acids is 1. The SMILES string of the molecule is CCC/C=C/CC/C=C/CC/C=C/C(O)C(COP(=O)(O)OCCN)NC(=O)CC(O)CCCC/C=C\CCCC. The molecule has 0 spiro atoms. The molecule has 0 aliphatic rings. The molecule has 0 aliphatic carbocycles. The molecular formula is C31H57N2O7P. The van der Waals surface area contributed by atoms with E-state index in [2.05, 4.69) is 55.6 Å². The van der Waals surface area contributed by atoms with Gasteiger partial charge in [0.05, 0.1) is 37.9 Å². The molecule has 0 fully saturated rings. The molecule has 0 aromatic heterocycles. The van der Waals surface area contributed by atoms with Crippen molar-refractivity contribution in [1.82, 2.24) is 5.32 Å².